The Morgan fingerprint density at radius 2 is 2.27 bits per heavy atom. The van der Waals surface area contributed by atoms with Crippen LogP contribution in [-0.2, 0) is 0 Å². The third-order valence-corrected chi connectivity index (χ3v) is 2.08. The summed E-state index contributed by atoms with van der Waals surface area (Å²) in [5, 5.41) is 12.2. The van der Waals surface area contributed by atoms with Crippen LogP contribution in [0, 0.1) is 0 Å². The maximum absolute atomic E-state index is 4.15. The van der Waals surface area contributed by atoms with Gasteiger partial charge in [-0.2, -0.15) is 10.2 Å². The van der Waals surface area contributed by atoms with Crippen molar-refractivity contribution in [2.24, 2.45) is 10.2 Å². The third-order valence-electron chi connectivity index (χ3n) is 2.08. The highest BCUT2D eigenvalue weighted by molar-refractivity contribution is 5.26. The van der Waals surface area contributed by atoms with Crippen molar-refractivity contribution in [3.05, 3.63) is 12.3 Å². The lowest BCUT2D eigenvalue weighted by molar-refractivity contribution is 0.398. The summed E-state index contributed by atoms with van der Waals surface area (Å²) in [5.74, 6) is 0.857. The fraction of sp³-hybridized carbons (Fsp3) is 0.571. The predicted octanol–water partition coefficient (Wildman–Crippen LogP) is 1.93. The van der Waals surface area contributed by atoms with Gasteiger partial charge < -0.3 is 0 Å². The molecule has 2 atom stereocenters. The molecule has 0 N–H and O–H groups in total. The molecule has 0 fully saturated rings. The van der Waals surface area contributed by atoms with Gasteiger partial charge in [0.25, 0.3) is 0 Å². The van der Waals surface area contributed by atoms with E-state index in [1.54, 1.807) is 6.20 Å². The lowest BCUT2D eigenvalue weighted by atomic mass is 10.2. The Kier molecular flexibility index (Phi) is 1.27. The molecule has 4 heteroatoms. The minimum absolute atomic E-state index is 0.238. The molecule has 0 bridgehead atoms. The van der Waals surface area contributed by atoms with E-state index in [0.717, 1.165) is 5.82 Å². The zero-order valence-electron chi connectivity index (χ0n) is 6.60. The Hall–Kier alpha value is -1.19. The van der Waals surface area contributed by atoms with Gasteiger partial charge in [-0.25, -0.2) is 4.68 Å². The third kappa shape index (κ3) is 0.859. The zero-order chi connectivity index (χ0) is 7.84. The second kappa shape index (κ2) is 2.15. The van der Waals surface area contributed by atoms with Gasteiger partial charge in [0.2, 0.25) is 0 Å². The number of hydrogen-bond donors (Lipinski definition) is 0. The summed E-state index contributed by atoms with van der Waals surface area (Å²) in [6.45, 7) is 4.14. The highest BCUT2D eigenvalue weighted by atomic mass is 15.4. The molecule has 0 radical (unpaired) electrons. The SMILES string of the molecule is CC1N=Nc2ccnn2C1C. The van der Waals surface area contributed by atoms with Crippen LogP contribution in [0.15, 0.2) is 22.5 Å². The number of hydrogen-bond acceptors (Lipinski definition) is 3. The van der Waals surface area contributed by atoms with E-state index in [9.17, 15) is 0 Å². The van der Waals surface area contributed by atoms with E-state index in [4.69, 9.17) is 0 Å². The second-order valence-corrected chi connectivity index (χ2v) is 2.83. The quantitative estimate of drug-likeness (QED) is 0.557. The Morgan fingerprint density at radius 3 is 3.09 bits per heavy atom. The van der Waals surface area contributed by atoms with Crippen molar-refractivity contribution in [1.82, 2.24) is 9.78 Å². The molecule has 0 amide bonds. The van der Waals surface area contributed by atoms with E-state index < -0.39 is 0 Å². The Morgan fingerprint density at radius 1 is 1.45 bits per heavy atom. The first-order valence-corrected chi connectivity index (χ1v) is 3.73. The normalized spacial score (nSPS) is 28.5. The summed E-state index contributed by atoms with van der Waals surface area (Å²) < 4.78 is 1.90. The van der Waals surface area contributed by atoms with E-state index in [0.29, 0.717) is 6.04 Å². The van der Waals surface area contributed by atoms with Gasteiger partial charge in [-0.05, 0) is 13.8 Å². The molecular formula is C7H10N4. The Labute approximate surface area is 64.9 Å². The fourth-order valence-electron chi connectivity index (χ4n) is 1.15. The maximum Gasteiger partial charge on any atom is 0.172 e. The molecule has 0 saturated heterocycles. The molecule has 0 spiro atoms. The van der Waals surface area contributed by atoms with Crippen LogP contribution in [0.2, 0.25) is 0 Å². The van der Waals surface area contributed by atoms with Crippen LogP contribution in [0.3, 0.4) is 0 Å². The van der Waals surface area contributed by atoms with E-state index in [1.165, 1.54) is 0 Å². The first kappa shape index (κ1) is 6.52. The van der Waals surface area contributed by atoms with Crippen molar-refractivity contribution in [2.45, 2.75) is 25.9 Å². The topological polar surface area (TPSA) is 42.5 Å². The van der Waals surface area contributed by atoms with Gasteiger partial charge in [0.05, 0.1) is 18.3 Å². The summed E-state index contributed by atoms with van der Waals surface area (Å²) in [5.41, 5.74) is 0. The average Bonchev–Trinajstić information content (AvgIpc) is 2.45. The van der Waals surface area contributed by atoms with Crippen LogP contribution in [0.25, 0.3) is 0 Å². The van der Waals surface area contributed by atoms with Gasteiger partial charge in [-0.3, -0.25) is 0 Å². The van der Waals surface area contributed by atoms with Crippen molar-refractivity contribution in [3.63, 3.8) is 0 Å². The van der Waals surface area contributed by atoms with Crippen molar-refractivity contribution in [3.8, 4) is 0 Å². The van der Waals surface area contributed by atoms with E-state index in [1.807, 2.05) is 17.7 Å². The molecule has 1 aliphatic rings. The largest absolute Gasteiger partial charge is 0.241 e. The first-order valence-electron chi connectivity index (χ1n) is 3.73. The molecule has 1 aromatic rings. The van der Waals surface area contributed by atoms with Crippen molar-refractivity contribution < 1.29 is 0 Å². The molecular weight excluding hydrogens is 140 g/mol. The minimum atomic E-state index is 0.238. The molecule has 1 aromatic heterocycles. The van der Waals surface area contributed by atoms with Gasteiger partial charge >= 0.3 is 0 Å². The lowest BCUT2D eigenvalue weighted by Gasteiger charge is -2.20. The molecule has 0 saturated carbocycles. The molecule has 4 nitrogen and oxygen atoms in total. The molecule has 11 heavy (non-hydrogen) atoms. The minimum Gasteiger partial charge on any atom is -0.241 e. The number of aromatic nitrogens is 2. The summed E-state index contributed by atoms with van der Waals surface area (Å²) >= 11 is 0. The number of nitrogens with zero attached hydrogens (tertiary/aromatic N) is 4. The maximum atomic E-state index is 4.15. The molecule has 58 valence electrons. The van der Waals surface area contributed by atoms with E-state index in [2.05, 4.69) is 22.3 Å². The van der Waals surface area contributed by atoms with Gasteiger partial charge in [0.1, 0.15) is 0 Å². The molecule has 0 aliphatic carbocycles. The summed E-state index contributed by atoms with van der Waals surface area (Å²) in [6.07, 6.45) is 1.75. The fourth-order valence-corrected chi connectivity index (χ4v) is 1.15. The van der Waals surface area contributed by atoms with Crippen LogP contribution in [0.1, 0.15) is 19.9 Å². The Balaban J connectivity index is 2.48. The predicted molar refractivity (Wildman–Crippen MR) is 40.9 cm³/mol. The molecule has 2 unspecified atom stereocenters. The summed E-state index contributed by atoms with van der Waals surface area (Å²) in [4.78, 5) is 0. The van der Waals surface area contributed by atoms with Crippen molar-refractivity contribution in [2.75, 3.05) is 0 Å². The highest BCUT2D eigenvalue weighted by Crippen LogP contribution is 2.26. The van der Waals surface area contributed by atoms with Gasteiger partial charge in [-0.15, -0.1) is 5.11 Å². The van der Waals surface area contributed by atoms with Crippen LogP contribution in [0.4, 0.5) is 5.82 Å². The zero-order valence-corrected chi connectivity index (χ0v) is 6.60. The molecule has 1 aliphatic heterocycles. The van der Waals surface area contributed by atoms with Crippen molar-refractivity contribution >= 4 is 5.82 Å². The van der Waals surface area contributed by atoms with Crippen molar-refractivity contribution in [1.29, 1.82) is 0 Å². The molecule has 2 heterocycles. The average molecular weight is 150 g/mol. The van der Waals surface area contributed by atoms with Crippen LogP contribution >= 0.6 is 0 Å². The van der Waals surface area contributed by atoms with Crippen LogP contribution in [0.5, 0.6) is 0 Å². The number of azo groups is 1. The monoisotopic (exact) mass is 150 g/mol. The smallest absolute Gasteiger partial charge is 0.172 e. The van der Waals surface area contributed by atoms with E-state index >= 15 is 0 Å². The van der Waals surface area contributed by atoms with Gasteiger partial charge in [0.15, 0.2) is 5.82 Å². The molecule has 2 rings (SSSR count). The van der Waals surface area contributed by atoms with Gasteiger partial charge in [0, 0.05) is 6.07 Å². The highest BCUT2D eigenvalue weighted by Gasteiger charge is 2.20. The number of fused-ring (bicyclic) bond motifs is 1. The van der Waals surface area contributed by atoms with Crippen LogP contribution < -0.4 is 0 Å². The standard InChI is InChI=1S/C7H10N4/c1-5-6(2)11-7(10-9-5)3-4-8-11/h3-6H,1-2H3. The Bertz CT molecular complexity index is 288. The molecule has 0 aromatic carbocycles. The first-order chi connectivity index (χ1) is 5.29. The second-order valence-electron chi connectivity index (χ2n) is 2.83. The summed E-state index contributed by atoms with van der Waals surface area (Å²) in [7, 11) is 0. The van der Waals surface area contributed by atoms with E-state index in [-0.39, 0.29) is 6.04 Å². The van der Waals surface area contributed by atoms with Gasteiger partial charge in [-0.1, -0.05) is 0 Å². The number of rotatable bonds is 0. The lowest BCUT2D eigenvalue weighted by Crippen LogP contribution is -2.20. The van der Waals surface area contributed by atoms with Crippen LogP contribution in [-0.4, -0.2) is 15.8 Å². The summed E-state index contributed by atoms with van der Waals surface area (Å²) in [6, 6.07) is 2.44.